The van der Waals surface area contributed by atoms with Crippen LogP contribution in [0, 0.1) is 0 Å². The Morgan fingerprint density at radius 3 is 2.95 bits per heavy atom. The third-order valence-corrected chi connectivity index (χ3v) is 3.54. The third kappa shape index (κ3) is 5.20. The zero-order valence-corrected chi connectivity index (χ0v) is 14.0. The number of hydrogen-bond acceptors (Lipinski definition) is 4. The number of ether oxygens (including phenoxy) is 1. The van der Waals surface area contributed by atoms with Gasteiger partial charge in [0.15, 0.2) is 0 Å². The Labute approximate surface area is 132 Å². The first-order chi connectivity index (χ1) is 10.3. The number of hydrogen-bond donors (Lipinski definition) is 2. The Kier molecular flexibility index (Phi) is 5.27. The number of carbonyl (C=O) groups is 1. The van der Waals surface area contributed by atoms with Crippen molar-refractivity contribution in [2.75, 3.05) is 11.9 Å². The van der Waals surface area contributed by atoms with E-state index in [4.69, 9.17) is 4.74 Å². The summed E-state index contributed by atoms with van der Waals surface area (Å²) in [5.74, 6) is 1.02. The minimum Gasteiger partial charge on any atom is -0.444 e. The minimum absolute atomic E-state index is 0.360. The lowest BCUT2D eigenvalue weighted by Gasteiger charge is -2.23. The van der Waals surface area contributed by atoms with Crippen molar-refractivity contribution in [3.63, 3.8) is 0 Å². The Morgan fingerprint density at radius 2 is 2.23 bits per heavy atom. The maximum atomic E-state index is 11.5. The smallest absolute Gasteiger partial charge is 0.407 e. The molecule has 2 rings (SSSR count). The van der Waals surface area contributed by atoms with Crippen LogP contribution >= 0.6 is 0 Å². The van der Waals surface area contributed by atoms with Crippen molar-refractivity contribution in [2.45, 2.75) is 65.0 Å². The van der Waals surface area contributed by atoms with Gasteiger partial charge in [-0.25, -0.2) is 9.78 Å². The second kappa shape index (κ2) is 6.99. The Balaban J connectivity index is 1.76. The highest BCUT2D eigenvalue weighted by molar-refractivity contribution is 5.67. The molecule has 1 atom stereocenters. The molecule has 22 heavy (non-hydrogen) atoms. The minimum atomic E-state index is -0.452. The van der Waals surface area contributed by atoms with Crippen LogP contribution in [0.3, 0.4) is 0 Å². The van der Waals surface area contributed by atoms with E-state index in [1.807, 2.05) is 20.8 Å². The molecule has 2 N–H and O–H groups in total. The van der Waals surface area contributed by atoms with Gasteiger partial charge >= 0.3 is 6.09 Å². The van der Waals surface area contributed by atoms with Gasteiger partial charge in [0.05, 0.1) is 0 Å². The number of aromatic nitrogens is 1. The molecule has 5 nitrogen and oxygen atoms in total. The summed E-state index contributed by atoms with van der Waals surface area (Å²) in [6, 6.07) is 4.74. The van der Waals surface area contributed by atoms with Crippen molar-refractivity contribution in [3.8, 4) is 0 Å². The lowest BCUT2D eigenvalue weighted by molar-refractivity contribution is 0.0527. The average Bonchev–Trinajstić information content (AvgIpc) is 2.41. The van der Waals surface area contributed by atoms with E-state index < -0.39 is 5.60 Å². The van der Waals surface area contributed by atoms with Crippen molar-refractivity contribution in [2.24, 2.45) is 0 Å². The number of alkyl carbamates (subject to hydrolysis) is 1. The summed E-state index contributed by atoms with van der Waals surface area (Å²) < 4.78 is 5.20. The van der Waals surface area contributed by atoms with Crippen LogP contribution in [0.15, 0.2) is 12.1 Å². The summed E-state index contributed by atoms with van der Waals surface area (Å²) >= 11 is 0. The van der Waals surface area contributed by atoms with E-state index in [2.05, 4.69) is 34.7 Å². The number of fused-ring (bicyclic) bond motifs is 1. The van der Waals surface area contributed by atoms with Crippen LogP contribution in [-0.4, -0.2) is 29.3 Å². The van der Waals surface area contributed by atoms with Crippen LogP contribution in [0.1, 0.15) is 51.8 Å². The molecule has 1 amide bonds. The summed E-state index contributed by atoms with van der Waals surface area (Å²) in [5, 5.41) is 6.21. The summed E-state index contributed by atoms with van der Waals surface area (Å²) in [5.41, 5.74) is 1.91. The average molecular weight is 305 g/mol. The molecule has 5 heteroatoms. The van der Waals surface area contributed by atoms with E-state index in [0.717, 1.165) is 37.2 Å². The number of amides is 1. The third-order valence-electron chi connectivity index (χ3n) is 3.54. The molecule has 1 aliphatic heterocycles. The molecule has 0 spiro atoms. The number of anilines is 1. The molecular weight excluding hydrogens is 278 g/mol. The second-order valence-corrected chi connectivity index (χ2v) is 6.93. The summed E-state index contributed by atoms with van der Waals surface area (Å²) in [6.45, 7) is 8.35. The largest absolute Gasteiger partial charge is 0.444 e. The number of aryl methyl sites for hydroxylation is 2. The molecule has 0 bridgehead atoms. The molecule has 0 aromatic carbocycles. The topological polar surface area (TPSA) is 63.2 Å². The molecule has 1 aliphatic rings. The van der Waals surface area contributed by atoms with Gasteiger partial charge in [-0.3, -0.25) is 0 Å². The van der Waals surface area contributed by atoms with Gasteiger partial charge in [-0.1, -0.05) is 6.07 Å². The van der Waals surface area contributed by atoms with Crippen molar-refractivity contribution in [1.82, 2.24) is 10.3 Å². The number of carbonyl (C=O) groups excluding carboxylic acids is 1. The van der Waals surface area contributed by atoms with Gasteiger partial charge < -0.3 is 15.4 Å². The highest BCUT2D eigenvalue weighted by Gasteiger charge is 2.16. The zero-order valence-electron chi connectivity index (χ0n) is 14.0. The number of nitrogens with one attached hydrogen (secondary N) is 2. The predicted molar refractivity (Wildman–Crippen MR) is 88.2 cm³/mol. The molecule has 0 fully saturated rings. The lowest BCUT2D eigenvalue weighted by atomic mass is 10.0. The lowest BCUT2D eigenvalue weighted by Crippen LogP contribution is -2.33. The van der Waals surface area contributed by atoms with Gasteiger partial charge in [0, 0.05) is 18.3 Å². The SMILES string of the molecule is CC1CCc2ccc(CCCNC(=O)OC(C)(C)C)nc2N1. The highest BCUT2D eigenvalue weighted by Crippen LogP contribution is 2.23. The quantitative estimate of drug-likeness (QED) is 0.838. The first-order valence-corrected chi connectivity index (χ1v) is 8.06. The Bertz CT molecular complexity index is 523. The van der Waals surface area contributed by atoms with Crippen molar-refractivity contribution < 1.29 is 9.53 Å². The fraction of sp³-hybridized carbons (Fsp3) is 0.647. The summed E-state index contributed by atoms with van der Waals surface area (Å²) in [7, 11) is 0. The van der Waals surface area contributed by atoms with E-state index >= 15 is 0 Å². The normalized spacial score (nSPS) is 17.4. The highest BCUT2D eigenvalue weighted by atomic mass is 16.6. The molecular formula is C17H27N3O2. The summed E-state index contributed by atoms with van der Waals surface area (Å²) in [4.78, 5) is 16.2. The maximum Gasteiger partial charge on any atom is 0.407 e. The first-order valence-electron chi connectivity index (χ1n) is 8.06. The fourth-order valence-electron chi connectivity index (χ4n) is 2.45. The van der Waals surface area contributed by atoms with Crippen molar-refractivity contribution in [1.29, 1.82) is 0 Å². The molecule has 0 saturated heterocycles. The Hall–Kier alpha value is -1.78. The number of pyridine rings is 1. The van der Waals surface area contributed by atoms with E-state index in [-0.39, 0.29) is 6.09 Å². The van der Waals surface area contributed by atoms with Crippen LogP contribution in [0.25, 0.3) is 0 Å². The van der Waals surface area contributed by atoms with Crippen LogP contribution in [0.4, 0.5) is 10.6 Å². The van der Waals surface area contributed by atoms with E-state index in [1.165, 1.54) is 5.56 Å². The van der Waals surface area contributed by atoms with E-state index in [0.29, 0.717) is 12.6 Å². The maximum absolute atomic E-state index is 11.5. The van der Waals surface area contributed by atoms with Crippen LogP contribution in [0.2, 0.25) is 0 Å². The molecule has 1 unspecified atom stereocenters. The van der Waals surface area contributed by atoms with Gasteiger partial charge in [-0.15, -0.1) is 0 Å². The van der Waals surface area contributed by atoms with Crippen LogP contribution in [0.5, 0.6) is 0 Å². The van der Waals surface area contributed by atoms with E-state index in [9.17, 15) is 4.79 Å². The zero-order chi connectivity index (χ0) is 16.2. The standard InChI is InChI=1S/C17H27N3O2/c1-12-7-8-13-9-10-14(20-15(13)19-12)6-5-11-18-16(21)22-17(2,3)4/h9-10,12H,5-8,11H2,1-4H3,(H,18,21)(H,19,20). The van der Waals surface area contributed by atoms with Crippen molar-refractivity contribution in [3.05, 3.63) is 23.4 Å². The van der Waals surface area contributed by atoms with E-state index in [1.54, 1.807) is 0 Å². The van der Waals surface area contributed by atoms with Gasteiger partial charge in [0.2, 0.25) is 0 Å². The monoisotopic (exact) mass is 305 g/mol. The van der Waals surface area contributed by atoms with Gasteiger partial charge in [0.1, 0.15) is 11.4 Å². The predicted octanol–water partition coefficient (Wildman–Crippen LogP) is 3.29. The Morgan fingerprint density at radius 1 is 1.45 bits per heavy atom. The fourth-order valence-corrected chi connectivity index (χ4v) is 2.45. The number of rotatable bonds is 4. The molecule has 0 radical (unpaired) electrons. The first kappa shape index (κ1) is 16.6. The van der Waals surface area contributed by atoms with Gasteiger partial charge in [-0.2, -0.15) is 0 Å². The second-order valence-electron chi connectivity index (χ2n) is 6.93. The molecule has 0 aliphatic carbocycles. The molecule has 2 heterocycles. The van der Waals surface area contributed by atoms with Gasteiger partial charge in [0.25, 0.3) is 0 Å². The van der Waals surface area contributed by atoms with Gasteiger partial charge in [-0.05, 0) is 65.0 Å². The van der Waals surface area contributed by atoms with Crippen LogP contribution in [-0.2, 0) is 17.6 Å². The molecule has 0 saturated carbocycles. The van der Waals surface area contributed by atoms with Crippen molar-refractivity contribution >= 4 is 11.9 Å². The van der Waals surface area contributed by atoms with Crippen LogP contribution < -0.4 is 10.6 Å². The summed E-state index contributed by atoms with van der Waals surface area (Å²) in [6.07, 6.45) is 3.59. The molecule has 122 valence electrons. The number of nitrogens with zero attached hydrogens (tertiary/aromatic N) is 1. The molecule has 1 aromatic heterocycles. The molecule has 1 aromatic rings.